The van der Waals surface area contributed by atoms with Gasteiger partial charge in [-0.15, -0.1) is 10.2 Å². The third-order valence-electron chi connectivity index (χ3n) is 4.37. The van der Waals surface area contributed by atoms with Crippen molar-refractivity contribution >= 4 is 11.4 Å². The van der Waals surface area contributed by atoms with E-state index >= 15 is 0 Å². The Labute approximate surface area is 132 Å². The summed E-state index contributed by atoms with van der Waals surface area (Å²) in [6, 6.07) is 3.64. The van der Waals surface area contributed by atoms with E-state index in [0.717, 1.165) is 24.2 Å². The average molecular weight is 311 g/mol. The van der Waals surface area contributed by atoms with Gasteiger partial charge in [-0.3, -0.25) is 4.79 Å². The maximum Gasteiger partial charge on any atom is 0.258 e. The smallest absolute Gasteiger partial charge is 0.258 e. The van der Waals surface area contributed by atoms with E-state index in [1.54, 1.807) is 12.5 Å². The molecule has 1 aliphatic rings. The number of hydrogen-bond acceptors (Lipinski definition) is 5. The number of aryl methyl sites for hydroxylation is 2. The van der Waals surface area contributed by atoms with Crippen molar-refractivity contribution < 1.29 is 4.79 Å². The van der Waals surface area contributed by atoms with Crippen LogP contribution in [0.1, 0.15) is 40.8 Å². The summed E-state index contributed by atoms with van der Waals surface area (Å²) in [6.07, 6.45) is 5.18. The van der Waals surface area contributed by atoms with Crippen molar-refractivity contribution in [3.05, 3.63) is 41.7 Å². The molecule has 0 spiro atoms. The second kappa shape index (κ2) is 5.15. The predicted octanol–water partition coefficient (Wildman–Crippen LogP) is 1.14. The SMILES string of the molecule is Cc1nn2ncccc2c1C(=O)N1CCC[C@H]1c1nncn1C. The molecule has 1 amide bonds. The number of carbonyl (C=O) groups is 1. The highest BCUT2D eigenvalue weighted by Crippen LogP contribution is 2.32. The van der Waals surface area contributed by atoms with Crippen LogP contribution < -0.4 is 0 Å². The molecule has 3 aromatic heterocycles. The highest BCUT2D eigenvalue weighted by Gasteiger charge is 2.35. The molecule has 0 aromatic carbocycles. The highest BCUT2D eigenvalue weighted by molar-refractivity contribution is 6.02. The molecule has 1 aliphatic heterocycles. The Morgan fingerprint density at radius 1 is 1.39 bits per heavy atom. The summed E-state index contributed by atoms with van der Waals surface area (Å²) >= 11 is 0. The van der Waals surface area contributed by atoms with E-state index < -0.39 is 0 Å². The lowest BCUT2D eigenvalue weighted by Crippen LogP contribution is -2.32. The molecule has 0 radical (unpaired) electrons. The van der Waals surface area contributed by atoms with E-state index in [1.165, 1.54) is 4.63 Å². The van der Waals surface area contributed by atoms with Crippen LogP contribution in [0.4, 0.5) is 0 Å². The fourth-order valence-electron chi connectivity index (χ4n) is 3.29. The van der Waals surface area contributed by atoms with Crippen LogP contribution in [0.25, 0.3) is 5.52 Å². The van der Waals surface area contributed by atoms with Gasteiger partial charge in [0.15, 0.2) is 5.82 Å². The molecule has 1 saturated heterocycles. The highest BCUT2D eigenvalue weighted by atomic mass is 16.2. The van der Waals surface area contributed by atoms with E-state index in [1.807, 2.05) is 35.6 Å². The van der Waals surface area contributed by atoms with Crippen LogP contribution in [-0.4, -0.2) is 46.9 Å². The Morgan fingerprint density at radius 3 is 3.04 bits per heavy atom. The molecule has 0 saturated carbocycles. The molecule has 0 unspecified atom stereocenters. The van der Waals surface area contributed by atoms with Crippen molar-refractivity contribution in [2.24, 2.45) is 7.05 Å². The molecule has 8 nitrogen and oxygen atoms in total. The monoisotopic (exact) mass is 311 g/mol. The van der Waals surface area contributed by atoms with Gasteiger partial charge in [0.2, 0.25) is 0 Å². The van der Waals surface area contributed by atoms with Gasteiger partial charge in [-0.05, 0) is 31.9 Å². The Morgan fingerprint density at radius 2 is 2.26 bits per heavy atom. The minimum atomic E-state index is -0.0407. The number of hydrogen-bond donors (Lipinski definition) is 0. The molecule has 4 rings (SSSR count). The van der Waals surface area contributed by atoms with Crippen molar-refractivity contribution in [2.45, 2.75) is 25.8 Å². The van der Waals surface area contributed by atoms with E-state index in [2.05, 4.69) is 20.4 Å². The van der Waals surface area contributed by atoms with E-state index in [4.69, 9.17) is 0 Å². The van der Waals surface area contributed by atoms with Gasteiger partial charge in [-0.2, -0.15) is 14.8 Å². The Balaban J connectivity index is 1.76. The molecule has 23 heavy (non-hydrogen) atoms. The van der Waals surface area contributed by atoms with Gasteiger partial charge in [0.25, 0.3) is 5.91 Å². The quantitative estimate of drug-likeness (QED) is 0.709. The number of carbonyl (C=O) groups excluding carboxylic acids is 1. The lowest BCUT2D eigenvalue weighted by Gasteiger charge is -2.23. The molecule has 8 heteroatoms. The molecule has 0 bridgehead atoms. The van der Waals surface area contributed by atoms with E-state index in [0.29, 0.717) is 17.8 Å². The summed E-state index contributed by atoms with van der Waals surface area (Å²) in [6.45, 7) is 2.56. The summed E-state index contributed by atoms with van der Waals surface area (Å²) in [5, 5.41) is 16.6. The van der Waals surface area contributed by atoms with E-state index in [9.17, 15) is 4.79 Å². The largest absolute Gasteiger partial charge is 0.328 e. The number of aromatic nitrogens is 6. The van der Waals surface area contributed by atoms with Gasteiger partial charge in [-0.1, -0.05) is 0 Å². The Hall–Kier alpha value is -2.77. The zero-order valence-corrected chi connectivity index (χ0v) is 13.0. The van der Waals surface area contributed by atoms with Crippen molar-refractivity contribution in [2.75, 3.05) is 6.54 Å². The fraction of sp³-hybridized carbons (Fsp3) is 0.400. The van der Waals surface area contributed by atoms with Crippen LogP contribution in [0.3, 0.4) is 0 Å². The Bertz CT molecular complexity index is 881. The number of amides is 1. The molecule has 0 N–H and O–H groups in total. The zero-order chi connectivity index (χ0) is 16.0. The normalized spacial score (nSPS) is 18.0. The van der Waals surface area contributed by atoms with Gasteiger partial charge in [0.05, 0.1) is 17.3 Å². The third kappa shape index (κ3) is 2.09. The standard InChI is InChI=1S/C15H17N7O/c1-10-13(11-5-3-7-17-22(11)19-10)15(23)21-8-4-6-12(21)14-18-16-9-20(14)2/h3,5,7,9,12H,4,6,8H2,1-2H3/t12-/m0/s1. The average Bonchev–Trinajstić information content (AvgIpc) is 3.23. The summed E-state index contributed by atoms with van der Waals surface area (Å²) in [4.78, 5) is 15.0. The number of rotatable bonds is 2. The van der Waals surface area contributed by atoms with E-state index in [-0.39, 0.29) is 11.9 Å². The molecule has 118 valence electrons. The summed E-state index contributed by atoms with van der Waals surface area (Å²) in [5.74, 6) is 0.805. The molecular formula is C15H17N7O. The van der Waals surface area contributed by atoms with Crippen LogP contribution >= 0.6 is 0 Å². The fourth-order valence-corrected chi connectivity index (χ4v) is 3.29. The second-order valence-electron chi connectivity index (χ2n) is 5.82. The van der Waals surface area contributed by atoms with Crippen LogP contribution in [0.2, 0.25) is 0 Å². The molecule has 0 aliphatic carbocycles. The molecular weight excluding hydrogens is 294 g/mol. The summed E-state index contributed by atoms with van der Waals surface area (Å²) < 4.78 is 3.39. The second-order valence-corrected chi connectivity index (χ2v) is 5.82. The molecule has 1 atom stereocenters. The maximum atomic E-state index is 13.1. The topological polar surface area (TPSA) is 81.2 Å². The van der Waals surface area contributed by atoms with Gasteiger partial charge >= 0.3 is 0 Å². The van der Waals surface area contributed by atoms with Crippen LogP contribution in [0.5, 0.6) is 0 Å². The summed E-state index contributed by atoms with van der Waals surface area (Å²) in [7, 11) is 1.90. The predicted molar refractivity (Wildman–Crippen MR) is 81.7 cm³/mol. The molecule has 4 heterocycles. The molecule has 1 fully saturated rings. The van der Waals surface area contributed by atoms with Gasteiger partial charge in [0.1, 0.15) is 11.8 Å². The van der Waals surface area contributed by atoms with Crippen molar-refractivity contribution in [3.63, 3.8) is 0 Å². The van der Waals surface area contributed by atoms with Gasteiger partial charge in [0, 0.05) is 19.8 Å². The first kappa shape index (κ1) is 13.9. The van der Waals surface area contributed by atoms with Crippen LogP contribution in [0, 0.1) is 6.92 Å². The van der Waals surface area contributed by atoms with Gasteiger partial charge < -0.3 is 9.47 Å². The maximum absolute atomic E-state index is 13.1. The van der Waals surface area contributed by atoms with Crippen LogP contribution in [0.15, 0.2) is 24.7 Å². The van der Waals surface area contributed by atoms with Crippen LogP contribution in [-0.2, 0) is 7.05 Å². The summed E-state index contributed by atoms with van der Waals surface area (Å²) in [5.41, 5.74) is 2.04. The first-order chi connectivity index (χ1) is 11.2. The minimum absolute atomic E-state index is 0.0176. The Kier molecular flexibility index (Phi) is 3.10. The van der Waals surface area contributed by atoms with Gasteiger partial charge in [-0.25, -0.2) is 0 Å². The third-order valence-corrected chi connectivity index (χ3v) is 4.37. The first-order valence-electron chi connectivity index (χ1n) is 7.62. The first-order valence-corrected chi connectivity index (χ1v) is 7.62. The minimum Gasteiger partial charge on any atom is -0.328 e. The lowest BCUT2D eigenvalue weighted by atomic mass is 10.1. The number of fused-ring (bicyclic) bond motifs is 1. The zero-order valence-electron chi connectivity index (χ0n) is 13.0. The van der Waals surface area contributed by atoms with Crippen molar-refractivity contribution in [1.82, 2.24) is 34.5 Å². The molecule has 3 aromatic rings. The lowest BCUT2D eigenvalue weighted by molar-refractivity contribution is 0.0729. The number of likely N-dealkylation sites (tertiary alicyclic amines) is 1. The van der Waals surface area contributed by atoms with Crippen molar-refractivity contribution in [3.8, 4) is 0 Å². The van der Waals surface area contributed by atoms with Crippen molar-refractivity contribution in [1.29, 1.82) is 0 Å². The number of nitrogens with zero attached hydrogens (tertiary/aromatic N) is 7.